The first kappa shape index (κ1) is 16.4. The molecule has 1 atom stereocenters. The van der Waals surface area contributed by atoms with Crippen LogP contribution in [-0.4, -0.2) is 62.0 Å². The maximum Gasteiger partial charge on any atom is 0.303 e. The molecule has 1 unspecified atom stereocenters. The minimum absolute atomic E-state index is 0.274. The van der Waals surface area contributed by atoms with Crippen molar-refractivity contribution in [1.82, 2.24) is 4.90 Å². The topological polar surface area (TPSA) is 59.0 Å². The Balaban J connectivity index is 2.15. The summed E-state index contributed by atoms with van der Waals surface area (Å²) in [7, 11) is 1.70. The van der Waals surface area contributed by atoms with Gasteiger partial charge < -0.3 is 14.6 Å². The van der Waals surface area contributed by atoms with E-state index >= 15 is 0 Å². The number of carbonyl (C=O) groups is 1. The minimum Gasteiger partial charge on any atom is -0.481 e. The van der Waals surface area contributed by atoms with Crippen molar-refractivity contribution in [2.24, 2.45) is 0 Å². The fourth-order valence-corrected chi connectivity index (χ4v) is 2.56. The molecule has 0 aromatic heterocycles. The summed E-state index contributed by atoms with van der Waals surface area (Å²) in [6.45, 7) is 4.20. The number of carboxylic acid groups (broad SMARTS) is 1. The summed E-state index contributed by atoms with van der Waals surface area (Å²) in [5.41, 5.74) is 0. The lowest BCUT2D eigenvalue weighted by atomic mass is 9.98. The SMILES string of the molecule is COCCCOCCN1CCCCC1CCC(=O)O. The molecule has 0 amide bonds. The van der Waals surface area contributed by atoms with E-state index in [4.69, 9.17) is 14.6 Å². The van der Waals surface area contributed by atoms with Crippen molar-refractivity contribution in [3.63, 3.8) is 0 Å². The molecule has 0 spiro atoms. The molecule has 0 radical (unpaired) electrons. The molecule has 1 rings (SSSR count). The van der Waals surface area contributed by atoms with Crippen LogP contribution in [0.2, 0.25) is 0 Å². The number of nitrogens with zero attached hydrogens (tertiary/aromatic N) is 1. The van der Waals surface area contributed by atoms with Crippen LogP contribution >= 0.6 is 0 Å². The van der Waals surface area contributed by atoms with Crippen LogP contribution in [0, 0.1) is 0 Å². The fourth-order valence-electron chi connectivity index (χ4n) is 2.56. The van der Waals surface area contributed by atoms with Gasteiger partial charge >= 0.3 is 5.97 Å². The predicted octanol–water partition coefficient (Wildman–Crippen LogP) is 1.76. The molecule has 1 fully saturated rings. The Morgan fingerprint density at radius 2 is 2.16 bits per heavy atom. The van der Waals surface area contributed by atoms with Crippen LogP contribution < -0.4 is 0 Å². The largest absolute Gasteiger partial charge is 0.481 e. The summed E-state index contributed by atoms with van der Waals surface area (Å²) < 4.78 is 10.5. The quantitative estimate of drug-likeness (QED) is 0.615. The molecule has 1 heterocycles. The van der Waals surface area contributed by atoms with E-state index in [0.717, 1.165) is 52.2 Å². The lowest BCUT2D eigenvalue weighted by Gasteiger charge is -2.35. The average molecular weight is 273 g/mol. The lowest BCUT2D eigenvalue weighted by Crippen LogP contribution is -2.41. The smallest absolute Gasteiger partial charge is 0.303 e. The first-order chi connectivity index (χ1) is 9.24. The molecule has 0 aliphatic carbocycles. The highest BCUT2D eigenvalue weighted by Crippen LogP contribution is 2.20. The number of likely N-dealkylation sites (tertiary alicyclic amines) is 1. The van der Waals surface area contributed by atoms with Crippen LogP contribution in [0.3, 0.4) is 0 Å². The van der Waals surface area contributed by atoms with Crippen LogP contribution in [0.25, 0.3) is 0 Å². The first-order valence-corrected chi connectivity index (χ1v) is 7.26. The number of carboxylic acids is 1. The number of hydrogen-bond donors (Lipinski definition) is 1. The molecule has 1 N–H and O–H groups in total. The van der Waals surface area contributed by atoms with Crippen molar-refractivity contribution in [2.45, 2.75) is 44.6 Å². The van der Waals surface area contributed by atoms with Crippen LogP contribution in [0.4, 0.5) is 0 Å². The summed E-state index contributed by atoms with van der Waals surface area (Å²) in [5.74, 6) is -0.693. The van der Waals surface area contributed by atoms with Gasteiger partial charge in [-0.25, -0.2) is 0 Å². The van der Waals surface area contributed by atoms with Gasteiger partial charge in [-0.2, -0.15) is 0 Å². The van der Waals surface area contributed by atoms with Crippen molar-refractivity contribution in [3.05, 3.63) is 0 Å². The van der Waals surface area contributed by atoms with Crippen molar-refractivity contribution >= 4 is 5.97 Å². The zero-order valence-electron chi connectivity index (χ0n) is 12.0. The second kappa shape index (κ2) is 10.2. The Bertz CT molecular complexity index is 248. The molecule has 0 saturated carbocycles. The number of rotatable bonds is 10. The van der Waals surface area contributed by atoms with Gasteiger partial charge in [-0.3, -0.25) is 9.69 Å². The Labute approximate surface area is 115 Å². The second-order valence-electron chi connectivity index (χ2n) is 5.08. The van der Waals surface area contributed by atoms with Crippen LogP contribution in [0.5, 0.6) is 0 Å². The monoisotopic (exact) mass is 273 g/mol. The number of methoxy groups -OCH3 is 1. The Morgan fingerprint density at radius 1 is 1.32 bits per heavy atom. The summed E-state index contributed by atoms with van der Waals surface area (Å²) in [6, 6.07) is 0.424. The number of piperidine rings is 1. The van der Waals surface area contributed by atoms with Crippen molar-refractivity contribution in [2.75, 3.05) is 40.0 Å². The Kier molecular flexibility index (Phi) is 8.79. The van der Waals surface area contributed by atoms with Gasteiger partial charge in [0.2, 0.25) is 0 Å². The third-order valence-corrected chi connectivity index (χ3v) is 3.60. The zero-order chi connectivity index (χ0) is 13.9. The summed E-state index contributed by atoms with van der Waals surface area (Å²) in [5, 5.41) is 8.77. The molecule has 1 aliphatic heterocycles. The van der Waals surface area contributed by atoms with Crippen molar-refractivity contribution < 1.29 is 19.4 Å². The van der Waals surface area contributed by atoms with E-state index in [1.54, 1.807) is 7.11 Å². The second-order valence-corrected chi connectivity index (χ2v) is 5.08. The van der Waals surface area contributed by atoms with Crippen molar-refractivity contribution in [1.29, 1.82) is 0 Å². The highest BCUT2D eigenvalue weighted by molar-refractivity contribution is 5.66. The van der Waals surface area contributed by atoms with E-state index < -0.39 is 5.97 Å². The number of ether oxygens (including phenoxy) is 2. The minimum atomic E-state index is -0.693. The maximum atomic E-state index is 10.7. The molecule has 112 valence electrons. The standard InChI is InChI=1S/C14H27NO4/c1-18-10-4-11-19-12-9-15-8-3-2-5-13(15)6-7-14(16)17/h13H,2-12H2,1H3,(H,16,17). The van der Waals surface area contributed by atoms with E-state index in [0.29, 0.717) is 6.04 Å². The molecular weight excluding hydrogens is 246 g/mol. The molecular formula is C14H27NO4. The normalized spacial score (nSPS) is 20.6. The first-order valence-electron chi connectivity index (χ1n) is 7.26. The molecule has 1 aliphatic rings. The third kappa shape index (κ3) is 7.50. The van der Waals surface area contributed by atoms with Crippen LogP contribution in [0.15, 0.2) is 0 Å². The van der Waals surface area contributed by atoms with Crippen LogP contribution in [-0.2, 0) is 14.3 Å². The molecule has 1 saturated heterocycles. The molecule has 0 bridgehead atoms. The lowest BCUT2D eigenvalue weighted by molar-refractivity contribution is -0.137. The van der Waals surface area contributed by atoms with Gasteiger partial charge in [0.25, 0.3) is 0 Å². The van der Waals surface area contributed by atoms with Crippen molar-refractivity contribution in [3.8, 4) is 0 Å². The average Bonchev–Trinajstić information content (AvgIpc) is 2.41. The molecule has 0 aromatic rings. The molecule has 0 aromatic carbocycles. The van der Waals surface area contributed by atoms with E-state index in [1.165, 1.54) is 12.8 Å². The Morgan fingerprint density at radius 3 is 2.89 bits per heavy atom. The number of hydrogen-bond acceptors (Lipinski definition) is 4. The van der Waals surface area contributed by atoms with Gasteiger partial charge in [0.1, 0.15) is 0 Å². The molecule has 19 heavy (non-hydrogen) atoms. The van der Waals surface area contributed by atoms with E-state index in [1.807, 2.05) is 0 Å². The van der Waals surface area contributed by atoms with E-state index in [9.17, 15) is 4.79 Å². The maximum absolute atomic E-state index is 10.7. The van der Waals surface area contributed by atoms with Gasteiger partial charge in [-0.15, -0.1) is 0 Å². The van der Waals surface area contributed by atoms with Gasteiger partial charge in [0.15, 0.2) is 0 Å². The highest BCUT2D eigenvalue weighted by atomic mass is 16.5. The fraction of sp³-hybridized carbons (Fsp3) is 0.929. The molecule has 5 nitrogen and oxygen atoms in total. The zero-order valence-corrected chi connectivity index (χ0v) is 12.0. The Hall–Kier alpha value is -0.650. The summed E-state index contributed by atoms with van der Waals surface area (Å²) >= 11 is 0. The highest BCUT2D eigenvalue weighted by Gasteiger charge is 2.22. The predicted molar refractivity (Wildman–Crippen MR) is 73.4 cm³/mol. The van der Waals surface area contributed by atoms with Gasteiger partial charge in [0, 0.05) is 39.3 Å². The van der Waals surface area contributed by atoms with Gasteiger partial charge in [-0.05, 0) is 32.2 Å². The number of aliphatic carboxylic acids is 1. The molecule has 5 heteroatoms. The third-order valence-electron chi connectivity index (χ3n) is 3.60. The van der Waals surface area contributed by atoms with E-state index in [-0.39, 0.29) is 6.42 Å². The summed E-state index contributed by atoms with van der Waals surface area (Å²) in [4.78, 5) is 13.0. The van der Waals surface area contributed by atoms with Crippen LogP contribution in [0.1, 0.15) is 38.5 Å². The van der Waals surface area contributed by atoms with Gasteiger partial charge in [-0.1, -0.05) is 6.42 Å². The van der Waals surface area contributed by atoms with Gasteiger partial charge in [0.05, 0.1) is 6.61 Å². The summed E-state index contributed by atoms with van der Waals surface area (Å²) in [6.07, 6.45) is 5.52. The van der Waals surface area contributed by atoms with E-state index in [2.05, 4.69) is 4.90 Å².